The molecule has 0 radical (unpaired) electrons. The number of nitrogen functional groups attached to an aromatic ring is 1. The van der Waals surface area contributed by atoms with E-state index in [0.717, 1.165) is 4.68 Å². The van der Waals surface area contributed by atoms with Gasteiger partial charge in [-0.1, -0.05) is 17.7 Å². The molecular weight excluding hydrogens is 247 g/mol. The topological polar surface area (TPSA) is 81.1 Å². The molecule has 1 heterocycles. The SMILES string of the molecule is Nn1cnnc1NN=Cc1c(F)cccc1Cl. The van der Waals surface area contributed by atoms with E-state index in [1.807, 2.05) is 0 Å². The summed E-state index contributed by atoms with van der Waals surface area (Å²) < 4.78 is 14.5. The van der Waals surface area contributed by atoms with Gasteiger partial charge in [-0.3, -0.25) is 0 Å². The maximum Gasteiger partial charge on any atom is 0.263 e. The van der Waals surface area contributed by atoms with E-state index in [1.165, 1.54) is 24.7 Å². The molecule has 0 unspecified atom stereocenters. The molecule has 6 nitrogen and oxygen atoms in total. The Morgan fingerprint density at radius 3 is 3.00 bits per heavy atom. The molecule has 1 aromatic carbocycles. The summed E-state index contributed by atoms with van der Waals surface area (Å²) in [6.07, 6.45) is 2.54. The number of benzene rings is 1. The van der Waals surface area contributed by atoms with Crippen LogP contribution in [-0.4, -0.2) is 21.1 Å². The molecule has 0 amide bonds. The van der Waals surface area contributed by atoms with Gasteiger partial charge in [0.15, 0.2) is 0 Å². The van der Waals surface area contributed by atoms with Gasteiger partial charge in [0.05, 0.1) is 11.2 Å². The molecule has 17 heavy (non-hydrogen) atoms. The van der Waals surface area contributed by atoms with E-state index in [-0.39, 0.29) is 16.5 Å². The second-order valence-electron chi connectivity index (χ2n) is 3.07. The summed E-state index contributed by atoms with van der Waals surface area (Å²) in [6.45, 7) is 0. The molecule has 8 heteroatoms. The van der Waals surface area contributed by atoms with Crippen molar-refractivity contribution in [3.8, 4) is 0 Å². The number of nitrogens with zero attached hydrogens (tertiary/aromatic N) is 4. The standard InChI is InChI=1S/C9H8ClFN6/c10-7-2-1-3-8(11)6(7)4-13-15-9-16-14-5-17(9)12/h1-5H,12H2,(H,15,16). The molecular formula is C9H8ClFN6. The van der Waals surface area contributed by atoms with Crippen LogP contribution in [0.25, 0.3) is 0 Å². The lowest BCUT2D eigenvalue weighted by molar-refractivity contribution is 0.626. The molecule has 0 saturated carbocycles. The third kappa shape index (κ3) is 2.51. The van der Waals surface area contributed by atoms with E-state index in [1.54, 1.807) is 6.07 Å². The van der Waals surface area contributed by atoms with Crippen LogP contribution in [0.2, 0.25) is 5.02 Å². The lowest BCUT2D eigenvalue weighted by atomic mass is 10.2. The zero-order valence-electron chi connectivity index (χ0n) is 8.51. The van der Waals surface area contributed by atoms with Crippen LogP contribution in [-0.2, 0) is 0 Å². The summed E-state index contributed by atoms with van der Waals surface area (Å²) in [5.74, 6) is 5.20. The van der Waals surface area contributed by atoms with Gasteiger partial charge in [-0.2, -0.15) is 5.10 Å². The second-order valence-corrected chi connectivity index (χ2v) is 3.47. The number of hydrogen-bond acceptors (Lipinski definition) is 5. The highest BCUT2D eigenvalue weighted by atomic mass is 35.5. The van der Waals surface area contributed by atoms with E-state index >= 15 is 0 Å². The number of hydrogen-bond donors (Lipinski definition) is 2. The van der Waals surface area contributed by atoms with Gasteiger partial charge in [0.25, 0.3) is 5.95 Å². The molecule has 0 aliphatic heterocycles. The first-order valence-electron chi connectivity index (χ1n) is 4.56. The van der Waals surface area contributed by atoms with Crippen molar-refractivity contribution in [1.29, 1.82) is 0 Å². The van der Waals surface area contributed by atoms with Crippen molar-refractivity contribution in [3.05, 3.63) is 40.9 Å². The minimum atomic E-state index is -0.461. The summed E-state index contributed by atoms with van der Waals surface area (Å²) in [7, 11) is 0. The van der Waals surface area contributed by atoms with Gasteiger partial charge < -0.3 is 5.84 Å². The molecule has 0 aliphatic carbocycles. The van der Waals surface area contributed by atoms with E-state index in [9.17, 15) is 4.39 Å². The summed E-state index contributed by atoms with van der Waals surface area (Å²) >= 11 is 5.80. The van der Waals surface area contributed by atoms with Gasteiger partial charge >= 0.3 is 0 Å². The Kier molecular flexibility index (Phi) is 3.20. The van der Waals surface area contributed by atoms with Crippen LogP contribution >= 0.6 is 11.6 Å². The first kappa shape index (κ1) is 11.3. The van der Waals surface area contributed by atoms with Crippen molar-refractivity contribution in [1.82, 2.24) is 14.9 Å². The Labute approximate surface area is 101 Å². The van der Waals surface area contributed by atoms with Crippen LogP contribution in [0.1, 0.15) is 5.56 Å². The van der Waals surface area contributed by atoms with Gasteiger partial charge in [-0.05, 0) is 12.1 Å². The van der Waals surface area contributed by atoms with Crippen molar-refractivity contribution < 1.29 is 4.39 Å². The fourth-order valence-corrected chi connectivity index (χ4v) is 1.32. The molecule has 2 aromatic rings. The molecule has 0 atom stereocenters. The van der Waals surface area contributed by atoms with Crippen LogP contribution in [0.4, 0.5) is 10.3 Å². The third-order valence-electron chi connectivity index (χ3n) is 1.93. The quantitative estimate of drug-likeness (QED) is 0.490. The number of rotatable bonds is 3. The Morgan fingerprint density at radius 1 is 1.53 bits per heavy atom. The molecule has 0 saturated heterocycles. The summed E-state index contributed by atoms with van der Waals surface area (Å²) in [5.41, 5.74) is 2.69. The Bertz CT molecular complexity index is 532. The summed E-state index contributed by atoms with van der Waals surface area (Å²) in [4.78, 5) is 0. The van der Waals surface area contributed by atoms with E-state index < -0.39 is 5.82 Å². The fourth-order valence-electron chi connectivity index (χ4n) is 1.11. The second kappa shape index (κ2) is 4.79. The van der Waals surface area contributed by atoms with Gasteiger partial charge in [0.2, 0.25) is 0 Å². The Hall–Kier alpha value is -2.15. The van der Waals surface area contributed by atoms with Crippen molar-refractivity contribution >= 4 is 23.8 Å². The number of aromatic nitrogens is 3. The largest absolute Gasteiger partial charge is 0.335 e. The molecule has 0 spiro atoms. The number of nitrogens with one attached hydrogen (secondary N) is 1. The van der Waals surface area contributed by atoms with Crippen molar-refractivity contribution in [2.45, 2.75) is 0 Å². The predicted octanol–water partition coefficient (Wildman–Crippen LogP) is 1.23. The molecule has 0 bridgehead atoms. The van der Waals surface area contributed by atoms with E-state index in [4.69, 9.17) is 17.4 Å². The lowest BCUT2D eigenvalue weighted by Crippen LogP contribution is -2.10. The summed E-state index contributed by atoms with van der Waals surface area (Å²) in [5, 5.41) is 11.2. The number of halogens is 2. The first-order valence-corrected chi connectivity index (χ1v) is 4.94. The summed E-state index contributed by atoms with van der Waals surface area (Å²) in [6, 6.07) is 4.37. The van der Waals surface area contributed by atoms with E-state index in [0.29, 0.717) is 0 Å². The van der Waals surface area contributed by atoms with Gasteiger partial charge in [0.1, 0.15) is 12.1 Å². The highest BCUT2D eigenvalue weighted by Crippen LogP contribution is 2.16. The van der Waals surface area contributed by atoms with Crippen molar-refractivity contribution in [2.24, 2.45) is 5.10 Å². The highest BCUT2D eigenvalue weighted by Gasteiger charge is 2.03. The zero-order chi connectivity index (χ0) is 12.3. The van der Waals surface area contributed by atoms with Gasteiger partial charge in [-0.25, -0.2) is 14.5 Å². The number of hydrazone groups is 1. The van der Waals surface area contributed by atoms with Crippen LogP contribution in [0.5, 0.6) is 0 Å². The minimum absolute atomic E-state index is 0.185. The molecule has 1 aromatic heterocycles. The Balaban J connectivity index is 2.14. The lowest BCUT2D eigenvalue weighted by Gasteiger charge is -2.00. The van der Waals surface area contributed by atoms with Crippen LogP contribution in [0.15, 0.2) is 29.6 Å². The van der Waals surface area contributed by atoms with Crippen LogP contribution < -0.4 is 11.3 Å². The average Bonchev–Trinajstić information content (AvgIpc) is 2.69. The van der Waals surface area contributed by atoms with E-state index in [2.05, 4.69) is 20.7 Å². The average molecular weight is 255 g/mol. The molecule has 2 rings (SSSR count). The monoisotopic (exact) mass is 254 g/mol. The predicted molar refractivity (Wildman–Crippen MR) is 62.8 cm³/mol. The molecule has 88 valence electrons. The van der Waals surface area contributed by atoms with Gasteiger partial charge in [0, 0.05) is 5.56 Å². The highest BCUT2D eigenvalue weighted by molar-refractivity contribution is 6.33. The van der Waals surface area contributed by atoms with Crippen LogP contribution in [0, 0.1) is 5.82 Å². The third-order valence-corrected chi connectivity index (χ3v) is 2.26. The maximum absolute atomic E-state index is 13.3. The van der Waals surface area contributed by atoms with Crippen LogP contribution in [0.3, 0.4) is 0 Å². The Morgan fingerprint density at radius 2 is 2.35 bits per heavy atom. The van der Waals surface area contributed by atoms with Crippen molar-refractivity contribution in [2.75, 3.05) is 11.3 Å². The smallest absolute Gasteiger partial charge is 0.263 e. The number of nitrogens with two attached hydrogens (primary N) is 1. The number of anilines is 1. The normalized spacial score (nSPS) is 10.9. The first-order chi connectivity index (χ1) is 8.18. The maximum atomic E-state index is 13.3. The van der Waals surface area contributed by atoms with Gasteiger partial charge in [-0.15, -0.1) is 10.2 Å². The minimum Gasteiger partial charge on any atom is -0.335 e. The van der Waals surface area contributed by atoms with Crippen molar-refractivity contribution in [3.63, 3.8) is 0 Å². The molecule has 0 fully saturated rings. The zero-order valence-corrected chi connectivity index (χ0v) is 9.26. The fraction of sp³-hybridized carbons (Fsp3) is 0. The molecule has 3 N–H and O–H groups in total. The molecule has 0 aliphatic rings.